The Morgan fingerprint density at radius 1 is 1.03 bits per heavy atom. The average molecular weight is 630 g/mol. The summed E-state index contributed by atoms with van der Waals surface area (Å²) in [4.78, 5) is 37.5. The van der Waals surface area contributed by atoms with Crippen molar-refractivity contribution >= 4 is 57.3 Å². The van der Waals surface area contributed by atoms with E-state index in [0.29, 0.717) is 41.5 Å². The Labute approximate surface area is 231 Å². The number of nitrogens with zero attached hydrogens (tertiary/aromatic N) is 2. The normalized spacial score (nSPS) is 14.3. The van der Waals surface area contributed by atoms with Gasteiger partial charge < -0.3 is 9.47 Å². The van der Waals surface area contributed by atoms with Crippen LogP contribution in [0.3, 0.4) is 0 Å². The molecule has 0 atom stereocenters. The Kier molecular flexibility index (Phi) is 8.82. The lowest BCUT2D eigenvalue weighted by Gasteiger charge is -2.15. The standard InChI is InChI=1S/C27H23IN2O6S/c1-2-35-23-15-20(14-22(28)25(23)36-17-19-8-10-21(11-9-19)30(33)34)16-24-26(31)29(27(32)37-24)13-12-18-6-4-3-5-7-18/h3-11,14-16H,2,12-13,17H2,1H3/b24-16+. The number of hydrogen-bond donors (Lipinski definition) is 0. The first-order valence-electron chi connectivity index (χ1n) is 11.5. The summed E-state index contributed by atoms with van der Waals surface area (Å²) in [5.41, 5.74) is 2.56. The predicted molar refractivity (Wildman–Crippen MR) is 151 cm³/mol. The molecule has 0 spiro atoms. The molecule has 10 heteroatoms. The maximum atomic E-state index is 12.9. The monoisotopic (exact) mass is 630 g/mol. The van der Waals surface area contributed by atoms with E-state index in [-0.39, 0.29) is 23.4 Å². The Hall–Kier alpha value is -3.38. The van der Waals surface area contributed by atoms with Crippen LogP contribution >= 0.6 is 34.4 Å². The number of amides is 2. The lowest BCUT2D eigenvalue weighted by Crippen LogP contribution is -2.30. The van der Waals surface area contributed by atoms with Crippen molar-refractivity contribution in [3.63, 3.8) is 0 Å². The summed E-state index contributed by atoms with van der Waals surface area (Å²) in [6.07, 6.45) is 2.29. The second-order valence-electron chi connectivity index (χ2n) is 8.04. The van der Waals surface area contributed by atoms with Gasteiger partial charge in [0.2, 0.25) is 0 Å². The van der Waals surface area contributed by atoms with Crippen molar-refractivity contribution in [3.05, 3.63) is 102 Å². The summed E-state index contributed by atoms with van der Waals surface area (Å²) < 4.78 is 12.6. The highest BCUT2D eigenvalue weighted by atomic mass is 127. The first-order chi connectivity index (χ1) is 17.9. The van der Waals surface area contributed by atoms with Gasteiger partial charge in [-0.1, -0.05) is 30.3 Å². The first kappa shape index (κ1) is 26.7. The van der Waals surface area contributed by atoms with Crippen LogP contribution in [0.4, 0.5) is 10.5 Å². The highest BCUT2D eigenvalue weighted by Gasteiger charge is 2.34. The third-order valence-corrected chi connectivity index (χ3v) is 7.21. The van der Waals surface area contributed by atoms with E-state index >= 15 is 0 Å². The van der Waals surface area contributed by atoms with Gasteiger partial charge in [0.15, 0.2) is 11.5 Å². The fourth-order valence-corrected chi connectivity index (χ4v) is 5.32. The van der Waals surface area contributed by atoms with Crippen molar-refractivity contribution in [2.75, 3.05) is 13.2 Å². The van der Waals surface area contributed by atoms with Gasteiger partial charge in [0, 0.05) is 18.7 Å². The van der Waals surface area contributed by atoms with Crippen molar-refractivity contribution < 1.29 is 24.0 Å². The van der Waals surface area contributed by atoms with E-state index in [2.05, 4.69) is 22.6 Å². The molecular weight excluding hydrogens is 607 g/mol. The third kappa shape index (κ3) is 6.69. The van der Waals surface area contributed by atoms with Gasteiger partial charge in [-0.15, -0.1) is 0 Å². The van der Waals surface area contributed by atoms with Crippen molar-refractivity contribution in [3.8, 4) is 11.5 Å². The lowest BCUT2D eigenvalue weighted by molar-refractivity contribution is -0.384. The number of hydrogen-bond acceptors (Lipinski definition) is 7. The summed E-state index contributed by atoms with van der Waals surface area (Å²) in [5.74, 6) is 0.734. The molecule has 3 aromatic carbocycles. The van der Waals surface area contributed by atoms with E-state index in [0.717, 1.165) is 26.5 Å². The summed E-state index contributed by atoms with van der Waals surface area (Å²) in [6.45, 7) is 2.79. The third-order valence-electron chi connectivity index (χ3n) is 5.50. The Morgan fingerprint density at radius 2 is 1.76 bits per heavy atom. The zero-order valence-electron chi connectivity index (χ0n) is 19.9. The molecule has 0 saturated carbocycles. The smallest absolute Gasteiger partial charge is 0.293 e. The van der Waals surface area contributed by atoms with E-state index in [1.54, 1.807) is 24.3 Å². The number of imide groups is 1. The van der Waals surface area contributed by atoms with Crippen LogP contribution < -0.4 is 9.47 Å². The van der Waals surface area contributed by atoms with E-state index in [1.165, 1.54) is 17.0 Å². The predicted octanol–water partition coefficient (Wildman–Crippen LogP) is 6.46. The maximum Gasteiger partial charge on any atom is 0.293 e. The summed E-state index contributed by atoms with van der Waals surface area (Å²) in [6, 6.07) is 19.5. The van der Waals surface area contributed by atoms with Crippen molar-refractivity contribution in [2.24, 2.45) is 0 Å². The number of thioether (sulfide) groups is 1. The number of nitro benzene ring substituents is 1. The highest BCUT2D eigenvalue weighted by Crippen LogP contribution is 2.38. The number of rotatable bonds is 10. The molecular formula is C27H23IN2O6S. The number of carbonyl (C=O) groups excluding carboxylic acids is 2. The Bertz CT molecular complexity index is 1350. The van der Waals surface area contributed by atoms with Crippen LogP contribution in [0, 0.1) is 13.7 Å². The Morgan fingerprint density at radius 3 is 2.43 bits per heavy atom. The molecule has 0 N–H and O–H groups in total. The topological polar surface area (TPSA) is 99.0 Å². The molecule has 2 amide bonds. The number of benzene rings is 3. The highest BCUT2D eigenvalue weighted by molar-refractivity contribution is 14.1. The van der Waals surface area contributed by atoms with E-state index in [9.17, 15) is 19.7 Å². The molecule has 0 bridgehead atoms. The van der Waals surface area contributed by atoms with Crippen molar-refractivity contribution in [2.45, 2.75) is 20.0 Å². The quantitative estimate of drug-likeness (QED) is 0.110. The van der Waals surface area contributed by atoms with Gasteiger partial charge in [-0.25, -0.2) is 0 Å². The van der Waals surface area contributed by atoms with Crippen LogP contribution in [-0.2, 0) is 17.8 Å². The van der Waals surface area contributed by atoms with Crippen molar-refractivity contribution in [1.29, 1.82) is 0 Å². The van der Waals surface area contributed by atoms with Crippen LogP contribution in [0.2, 0.25) is 0 Å². The van der Waals surface area contributed by atoms with Gasteiger partial charge in [0.1, 0.15) is 6.61 Å². The van der Waals surface area contributed by atoms with E-state index in [4.69, 9.17) is 9.47 Å². The van der Waals surface area contributed by atoms with Gasteiger partial charge in [-0.3, -0.25) is 24.6 Å². The molecule has 1 fully saturated rings. The van der Waals surface area contributed by atoms with Gasteiger partial charge in [-0.05, 0) is 94.7 Å². The fourth-order valence-electron chi connectivity index (χ4n) is 3.67. The largest absolute Gasteiger partial charge is 0.490 e. The van der Waals surface area contributed by atoms with Crippen LogP contribution in [0.5, 0.6) is 11.5 Å². The number of ether oxygens (including phenoxy) is 2. The molecule has 0 radical (unpaired) electrons. The van der Waals surface area contributed by atoms with Crippen molar-refractivity contribution in [1.82, 2.24) is 4.90 Å². The zero-order valence-corrected chi connectivity index (χ0v) is 22.9. The van der Waals surface area contributed by atoms with Crippen LogP contribution in [0.1, 0.15) is 23.6 Å². The number of carbonyl (C=O) groups is 2. The molecule has 1 heterocycles. The molecule has 8 nitrogen and oxygen atoms in total. The molecule has 0 aliphatic carbocycles. The molecule has 190 valence electrons. The maximum absolute atomic E-state index is 12.9. The second kappa shape index (κ2) is 12.2. The fraction of sp³-hybridized carbons (Fsp3) is 0.185. The molecule has 0 aromatic heterocycles. The Balaban J connectivity index is 1.49. The summed E-state index contributed by atoms with van der Waals surface area (Å²) >= 11 is 3.06. The minimum atomic E-state index is -0.447. The molecule has 1 aliphatic heterocycles. The van der Waals surface area contributed by atoms with E-state index < -0.39 is 4.92 Å². The van der Waals surface area contributed by atoms with Crippen LogP contribution in [0.25, 0.3) is 6.08 Å². The number of non-ortho nitro benzene ring substituents is 1. The molecule has 1 saturated heterocycles. The molecule has 4 rings (SSSR count). The molecule has 1 aliphatic rings. The lowest BCUT2D eigenvalue weighted by atomic mass is 10.1. The SMILES string of the molecule is CCOc1cc(/C=C2/SC(=O)N(CCc3ccccc3)C2=O)cc(I)c1OCc1ccc([N+](=O)[O-])cc1. The molecule has 0 unspecified atom stereocenters. The van der Waals surface area contributed by atoms with Crippen LogP contribution in [-0.4, -0.2) is 34.1 Å². The zero-order chi connectivity index (χ0) is 26.4. The number of nitro groups is 1. The molecule has 3 aromatic rings. The first-order valence-corrected chi connectivity index (χ1v) is 13.4. The summed E-state index contributed by atoms with van der Waals surface area (Å²) in [7, 11) is 0. The van der Waals surface area contributed by atoms with Crippen LogP contribution in [0.15, 0.2) is 71.6 Å². The van der Waals surface area contributed by atoms with Gasteiger partial charge >= 0.3 is 0 Å². The van der Waals surface area contributed by atoms with Gasteiger partial charge in [0.25, 0.3) is 16.8 Å². The average Bonchev–Trinajstić information content (AvgIpc) is 3.15. The number of halogens is 1. The van der Waals surface area contributed by atoms with Gasteiger partial charge in [0.05, 0.1) is 20.0 Å². The summed E-state index contributed by atoms with van der Waals surface area (Å²) in [5, 5.41) is 10.6. The van der Waals surface area contributed by atoms with Gasteiger partial charge in [-0.2, -0.15) is 0 Å². The van der Waals surface area contributed by atoms with E-state index in [1.807, 2.05) is 43.3 Å². The minimum absolute atomic E-state index is 0.0159. The molecule has 37 heavy (non-hydrogen) atoms. The second-order valence-corrected chi connectivity index (χ2v) is 10.2. The minimum Gasteiger partial charge on any atom is -0.490 e.